The summed E-state index contributed by atoms with van der Waals surface area (Å²) in [6.45, 7) is 3.91. The summed E-state index contributed by atoms with van der Waals surface area (Å²) in [5.74, 6) is 0.205. The van der Waals surface area contributed by atoms with Gasteiger partial charge in [-0.25, -0.2) is 8.42 Å². The number of anilines is 1. The van der Waals surface area contributed by atoms with Gasteiger partial charge in [0, 0.05) is 12.6 Å². The van der Waals surface area contributed by atoms with E-state index >= 15 is 0 Å². The second-order valence-electron chi connectivity index (χ2n) is 5.21. The Labute approximate surface area is 115 Å². The van der Waals surface area contributed by atoms with Crippen molar-refractivity contribution in [1.82, 2.24) is 4.90 Å². The molecule has 1 fully saturated rings. The van der Waals surface area contributed by atoms with Gasteiger partial charge in [0.1, 0.15) is 0 Å². The van der Waals surface area contributed by atoms with E-state index in [-0.39, 0.29) is 5.75 Å². The molecule has 4 nitrogen and oxygen atoms in total. The van der Waals surface area contributed by atoms with Gasteiger partial charge in [-0.1, -0.05) is 19.1 Å². The van der Waals surface area contributed by atoms with Gasteiger partial charge in [0.05, 0.1) is 16.3 Å². The first-order valence-electron chi connectivity index (χ1n) is 6.80. The molecule has 1 heterocycles. The van der Waals surface area contributed by atoms with Crippen LogP contribution in [0.1, 0.15) is 19.8 Å². The fourth-order valence-corrected chi connectivity index (χ4v) is 4.01. The Morgan fingerprint density at radius 3 is 2.74 bits per heavy atom. The van der Waals surface area contributed by atoms with Crippen LogP contribution in [0.5, 0.6) is 0 Å². The number of nitrogens with zero attached hydrogens (tertiary/aromatic N) is 1. The third-order valence-electron chi connectivity index (χ3n) is 3.45. The van der Waals surface area contributed by atoms with E-state index in [0.717, 1.165) is 25.2 Å². The maximum atomic E-state index is 12.2. The van der Waals surface area contributed by atoms with Crippen molar-refractivity contribution >= 4 is 15.5 Å². The Morgan fingerprint density at radius 2 is 2.11 bits per heavy atom. The average Bonchev–Trinajstić information content (AvgIpc) is 2.75. The Morgan fingerprint density at radius 1 is 1.37 bits per heavy atom. The molecule has 1 unspecified atom stereocenters. The zero-order chi connectivity index (χ0) is 13.9. The molecule has 1 aliphatic rings. The van der Waals surface area contributed by atoms with Gasteiger partial charge >= 0.3 is 0 Å². The van der Waals surface area contributed by atoms with E-state index in [1.807, 2.05) is 19.1 Å². The van der Waals surface area contributed by atoms with Crippen LogP contribution in [0.25, 0.3) is 0 Å². The first-order chi connectivity index (χ1) is 9.03. The van der Waals surface area contributed by atoms with Crippen molar-refractivity contribution in [3.05, 3.63) is 24.3 Å². The summed E-state index contributed by atoms with van der Waals surface area (Å²) < 4.78 is 24.5. The summed E-state index contributed by atoms with van der Waals surface area (Å²) in [5, 5.41) is 3.38. The van der Waals surface area contributed by atoms with Crippen molar-refractivity contribution in [3.8, 4) is 0 Å². The molecule has 2 rings (SSSR count). The van der Waals surface area contributed by atoms with Crippen molar-refractivity contribution in [2.75, 3.05) is 31.2 Å². The topological polar surface area (TPSA) is 49.4 Å². The maximum Gasteiger partial charge on any atom is 0.180 e. The lowest BCUT2D eigenvalue weighted by atomic mass is 10.2. The molecule has 19 heavy (non-hydrogen) atoms. The Kier molecular flexibility index (Phi) is 4.47. The molecule has 0 spiro atoms. The minimum atomic E-state index is -3.17. The number of likely N-dealkylation sites (N-methyl/N-ethyl adjacent to an activating group) is 1. The molecule has 0 amide bonds. The van der Waals surface area contributed by atoms with Crippen LogP contribution >= 0.6 is 0 Å². The third-order valence-corrected chi connectivity index (χ3v) is 5.42. The van der Waals surface area contributed by atoms with Gasteiger partial charge in [0.15, 0.2) is 9.84 Å². The van der Waals surface area contributed by atoms with Crippen molar-refractivity contribution in [2.45, 2.75) is 30.7 Å². The van der Waals surface area contributed by atoms with Crippen molar-refractivity contribution in [2.24, 2.45) is 0 Å². The Bertz CT molecular complexity index is 528. The molecular formula is C14H22N2O2S. The van der Waals surface area contributed by atoms with E-state index in [1.165, 1.54) is 0 Å². The predicted molar refractivity (Wildman–Crippen MR) is 78.3 cm³/mol. The second kappa shape index (κ2) is 5.92. The highest BCUT2D eigenvalue weighted by molar-refractivity contribution is 7.91. The summed E-state index contributed by atoms with van der Waals surface area (Å²) in [6.07, 6.45) is 1.70. The third kappa shape index (κ3) is 3.48. The largest absolute Gasteiger partial charge is 0.380 e. The number of nitrogens with one attached hydrogen (secondary N) is 1. The molecule has 1 atom stereocenters. The molecule has 1 aromatic carbocycles. The normalized spacial score (nSPS) is 20.6. The summed E-state index contributed by atoms with van der Waals surface area (Å²) in [6, 6.07) is 7.57. The van der Waals surface area contributed by atoms with Crippen molar-refractivity contribution in [3.63, 3.8) is 0 Å². The van der Waals surface area contributed by atoms with Crippen LogP contribution in [-0.4, -0.2) is 45.2 Å². The maximum absolute atomic E-state index is 12.2. The van der Waals surface area contributed by atoms with Crippen molar-refractivity contribution in [1.29, 1.82) is 0 Å². The Hall–Kier alpha value is -1.07. The first kappa shape index (κ1) is 14.3. The zero-order valence-corrected chi connectivity index (χ0v) is 12.4. The van der Waals surface area contributed by atoms with Crippen molar-refractivity contribution < 1.29 is 8.42 Å². The molecule has 1 aromatic rings. The van der Waals surface area contributed by atoms with Gasteiger partial charge in [-0.2, -0.15) is 0 Å². The van der Waals surface area contributed by atoms with Gasteiger partial charge in [-0.05, 0) is 38.6 Å². The van der Waals surface area contributed by atoms with E-state index in [4.69, 9.17) is 0 Å². The monoisotopic (exact) mass is 282 g/mol. The quantitative estimate of drug-likeness (QED) is 0.897. The summed E-state index contributed by atoms with van der Waals surface area (Å²) >= 11 is 0. The van der Waals surface area contributed by atoms with E-state index in [2.05, 4.69) is 17.3 Å². The number of rotatable bonds is 5. The Balaban J connectivity index is 2.21. The number of benzene rings is 1. The van der Waals surface area contributed by atoms with Crippen LogP contribution in [0.2, 0.25) is 0 Å². The zero-order valence-electron chi connectivity index (χ0n) is 11.6. The number of hydrogen-bond acceptors (Lipinski definition) is 4. The van der Waals surface area contributed by atoms with Crippen LogP contribution < -0.4 is 5.32 Å². The number of sulfone groups is 1. The smallest absolute Gasteiger partial charge is 0.180 e. The van der Waals surface area contributed by atoms with Crippen LogP contribution in [0.15, 0.2) is 29.2 Å². The van der Waals surface area contributed by atoms with Crippen LogP contribution in [-0.2, 0) is 9.84 Å². The van der Waals surface area contributed by atoms with E-state index in [1.54, 1.807) is 12.1 Å². The standard InChI is InChI=1S/C14H22N2O2S/c1-3-10-19(17,18)14-7-5-4-6-13(14)15-12-8-9-16(2)11-12/h4-7,12,15H,3,8-11H2,1-2H3. The molecule has 1 N–H and O–H groups in total. The summed E-state index contributed by atoms with van der Waals surface area (Å²) in [7, 11) is -1.09. The minimum Gasteiger partial charge on any atom is -0.380 e. The molecule has 0 aromatic heterocycles. The van der Waals surface area contributed by atoms with E-state index < -0.39 is 9.84 Å². The second-order valence-corrected chi connectivity index (χ2v) is 7.28. The summed E-state index contributed by atoms with van der Waals surface area (Å²) in [5.41, 5.74) is 0.747. The number of para-hydroxylation sites is 1. The molecule has 0 aliphatic carbocycles. The molecule has 0 saturated carbocycles. The molecule has 5 heteroatoms. The molecule has 0 radical (unpaired) electrons. The lowest BCUT2D eigenvalue weighted by Crippen LogP contribution is -2.24. The highest BCUT2D eigenvalue weighted by Crippen LogP contribution is 2.24. The van der Waals surface area contributed by atoms with Crippen LogP contribution in [0.3, 0.4) is 0 Å². The molecule has 106 valence electrons. The first-order valence-corrected chi connectivity index (χ1v) is 8.45. The van der Waals surface area contributed by atoms with E-state index in [0.29, 0.717) is 17.4 Å². The van der Waals surface area contributed by atoms with E-state index in [9.17, 15) is 8.42 Å². The molecule has 0 bridgehead atoms. The number of hydrogen-bond donors (Lipinski definition) is 1. The SMILES string of the molecule is CCCS(=O)(=O)c1ccccc1NC1CCN(C)C1. The molecular weight excluding hydrogens is 260 g/mol. The lowest BCUT2D eigenvalue weighted by Gasteiger charge is -2.17. The highest BCUT2D eigenvalue weighted by atomic mass is 32.2. The molecule has 1 aliphatic heterocycles. The average molecular weight is 282 g/mol. The predicted octanol–water partition coefficient (Wildman–Crippen LogP) is 1.99. The van der Waals surface area contributed by atoms with Gasteiger partial charge in [0.2, 0.25) is 0 Å². The van der Waals surface area contributed by atoms with Gasteiger partial charge in [-0.3, -0.25) is 0 Å². The lowest BCUT2D eigenvalue weighted by molar-refractivity contribution is 0.414. The van der Waals surface area contributed by atoms with Gasteiger partial charge in [-0.15, -0.1) is 0 Å². The number of likely N-dealkylation sites (tertiary alicyclic amines) is 1. The minimum absolute atomic E-state index is 0.205. The van der Waals surface area contributed by atoms with Gasteiger partial charge < -0.3 is 10.2 Å². The van der Waals surface area contributed by atoms with Gasteiger partial charge in [0.25, 0.3) is 0 Å². The van der Waals surface area contributed by atoms with Crippen LogP contribution in [0.4, 0.5) is 5.69 Å². The fraction of sp³-hybridized carbons (Fsp3) is 0.571. The molecule has 1 saturated heterocycles. The summed E-state index contributed by atoms with van der Waals surface area (Å²) in [4.78, 5) is 2.69. The van der Waals surface area contributed by atoms with Crippen LogP contribution in [0, 0.1) is 0 Å². The fourth-order valence-electron chi connectivity index (χ4n) is 2.51. The highest BCUT2D eigenvalue weighted by Gasteiger charge is 2.22.